The average Bonchev–Trinajstić information content (AvgIpc) is 2.66. The van der Waals surface area contributed by atoms with Gasteiger partial charge in [-0.3, -0.25) is 4.68 Å². The van der Waals surface area contributed by atoms with Crippen molar-refractivity contribution in [1.29, 1.82) is 0 Å². The van der Waals surface area contributed by atoms with Gasteiger partial charge in [0.05, 0.1) is 19.3 Å². The fraction of sp³-hybridized carbons (Fsp3) is 0.778. The third kappa shape index (κ3) is 3.26. The molecule has 0 aromatic carbocycles. The molecule has 1 N–H and O–H groups in total. The molecule has 1 saturated heterocycles. The van der Waals surface area contributed by atoms with E-state index in [9.17, 15) is 0 Å². The number of nitrogens with zero attached hydrogens (tertiary/aromatic N) is 3. The van der Waals surface area contributed by atoms with Crippen LogP contribution in [0.3, 0.4) is 0 Å². The second-order valence-electron chi connectivity index (χ2n) is 3.57. The number of nitrogens with one attached hydrogen (secondary N) is 1. The number of aromatic nitrogens is 3. The second-order valence-corrected chi connectivity index (χ2v) is 3.57. The predicted molar refractivity (Wildman–Crippen MR) is 53.0 cm³/mol. The Labute approximate surface area is 88.6 Å². The molecule has 2 rings (SSSR count). The average molecular weight is 212 g/mol. The molecule has 0 amide bonds. The highest BCUT2D eigenvalue weighted by Gasteiger charge is 2.13. The summed E-state index contributed by atoms with van der Waals surface area (Å²) in [5.41, 5.74) is 0. The summed E-state index contributed by atoms with van der Waals surface area (Å²) in [5, 5.41) is 7.44. The standard InChI is InChI=1S/C9H16N4O2/c1-13-6-11-9(12-13)5-10-4-8-2-3-14-7-15-8/h6,8,10H,2-5,7H2,1H3. The zero-order valence-corrected chi connectivity index (χ0v) is 8.85. The summed E-state index contributed by atoms with van der Waals surface area (Å²) in [6.07, 6.45) is 2.90. The van der Waals surface area contributed by atoms with E-state index < -0.39 is 0 Å². The van der Waals surface area contributed by atoms with Gasteiger partial charge in [-0.1, -0.05) is 0 Å². The molecule has 0 bridgehead atoms. The lowest BCUT2D eigenvalue weighted by Crippen LogP contribution is -2.33. The highest BCUT2D eigenvalue weighted by atomic mass is 16.7. The molecule has 6 nitrogen and oxygen atoms in total. The molecule has 84 valence electrons. The Bertz CT molecular complexity index is 296. The van der Waals surface area contributed by atoms with E-state index in [2.05, 4.69) is 15.4 Å². The minimum absolute atomic E-state index is 0.252. The van der Waals surface area contributed by atoms with E-state index in [0.29, 0.717) is 13.3 Å². The van der Waals surface area contributed by atoms with E-state index in [1.54, 1.807) is 11.0 Å². The maximum Gasteiger partial charge on any atom is 0.164 e. The van der Waals surface area contributed by atoms with Crippen molar-refractivity contribution < 1.29 is 9.47 Å². The lowest BCUT2D eigenvalue weighted by atomic mass is 10.2. The first-order valence-electron chi connectivity index (χ1n) is 5.09. The van der Waals surface area contributed by atoms with Crippen LogP contribution in [-0.2, 0) is 23.1 Å². The molecule has 1 atom stereocenters. The van der Waals surface area contributed by atoms with Gasteiger partial charge in [0, 0.05) is 13.6 Å². The molecule has 2 heterocycles. The maximum atomic E-state index is 5.39. The minimum Gasteiger partial charge on any atom is -0.355 e. The van der Waals surface area contributed by atoms with Gasteiger partial charge in [-0.15, -0.1) is 0 Å². The summed E-state index contributed by atoms with van der Waals surface area (Å²) < 4.78 is 12.2. The van der Waals surface area contributed by atoms with Crippen LogP contribution in [0, 0.1) is 0 Å². The van der Waals surface area contributed by atoms with Crippen molar-refractivity contribution >= 4 is 0 Å². The molecular weight excluding hydrogens is 196 g/mol. The normalized spacial score (nSPS) is 21.8. The second kappa shape index (κ2) is 5.20. The highest BCUT2D eigenvalue weighted by molar-refractivity contribution is 4.80. The summed E-state index contributed by atoms with van der Waals surface area (Å²) in [4.78, 5) is 4.12. The summed E-state index contributed by atoms with van der Waals surface area (Å²) in [6, 6.07) is 0. The Morgan fingerprint density at radius 3 is 3.27 bits per heavy atom. The van der Waals surface area contributed by atoms with Crippen molar-refractivity contribution in [3.8, 4) is 0 Å². The van der Waals surface area contributed by atoms with Crippen LogP contribution in [0.15, 0.2) is 6.33 Å². The molecular formula is C9H16N4O2. The molecule has 1 aliphatic rings. The Morgan fingerprint density at radius 1 is 1.67 bits per heavy atom. The quantitative estimate of drug-likeness (QED) is 0.740. The maximum absolute atomic E-state index is 5.39. The molecule has 0 aliphatic carbocycles. The van der Waals surface area contributed by atoms with Crippen LogP contribution < -0.4 is 5.32 Å². The van der Waals surface area contributed by atoms with Crippen molar-refractivity contribution in [3.05, 3.63) is 12.2 Å². The zero-order valence-electron chi connectivity index (χ0n) is 8.85. The van der Waals surface area contributed by atoms with Gasteiger partial charge in [0.1, 0.15) is 13.1 Å². The Hall–Kier alpha value is -0.980. The summed E-state index contributed by atoms with van der Waals surface area (Å²) >= 11 is 0. The van der Waals surface area contributed by atoms with Gasteiger partial charge in [-0.05, 0) is 6.42 Å². The number of hydrogen-bond donors (Lipinski definition) is 1. The van der Waals surface area contributed by atoms with Gasteiger partial charge in [0.25, 0.3) is 0 Å². The zero-order chi connectivity index (χ0) is 10.5. The van der Waals surface area contributed by atoms with Gasteiger partial charge < -0.3 is 14.8 Å². The number of aryl methyl sites for hydroxylation is 1. The molecule has 0 radical (unpaired) electrons. The molecule has 1 aromatic rings. The van der Waals surface area contributed by atoms with E-state index in [1.807, 2.05) is 7.05 Å². The number of hydrogen-bond acceptors (Lipinski definition) is 5. The summed E-state index contributed by atoms with van der Waals surface area (Å²) in [7, 11) is 1.86. The number of rotatable bonds is 4. The van der Waals surface area contributed by atoms with E-state index in [4.69, 9.17) is 9.47 Å². The molecule has 1 aromatic heterocycles. The third-order valence-electron chi connectivity index (χ3n) is 2.27. The van der Waals surface area contributed by atoms with Crippen LogP contribution >= 0.6 is 0 Å². The van der Waals surface area contributed by atoms with Crippen molar-refractivity contribution in [1.82, 2.24) is 20.1 Å². The van der Waals surface area contributed by atoms with E-state index >= 15 is 0 Å². The molecule has 15 heavy (non-hydrogen) atoms. The lowest BCUT2D eigenvalue weighted by Gasteiger charge is -2.22. The first-order valence-corrected chi connectivity index (χ1v) is 5.09. The fourth-order valence-corrected chi connectivity index (χ4v) is 1.47. The molecule has 1 unspecified atom stereocenters. The molecule has 1 fully saturated rings. The van der Waals surface area contributed by atoms with Crippen LogP contribution in [-0.4, -0.2) is 40.8 Å². The van der Waals surface area contributed by atoms with E-state index in [0.717, 1.165) is 25.4 Å². The summed E-state index contributed by atoms with van der Waals surface area (Å²) in [6.45, 7) is 2.70. The van der Waals surface area contributed by atoms with Crippen molar-refractivity contribution in [2.45, 2.75) is 19.1 Å². The van der Waals surface area contributed by atoms with Gasteiger partial charge in [0.2, 0.25) is 0 Å². The Kier molecular flexibility index (Phi) is 3.65. The largest absolute Gasteiger partial charge is 0.355 e. The highest BCUT2D eigenvalue weighted by Crippen LogP contribution is 2.04. The molecule has 1 aliphatic heterocycles. The Morgan fingerprint density at radius 2 is 2.60 bits per heavy atom. The van der Waals surface area contributed by atoms with Crippen LogP contribution in [0.25, 0.3) is 0 Å². The third-order valence-corrected chi connectivity index (χ3v) is 2.27. The van der Waals surface area contributed by atoms with Crippen molar-refractivity contribution in [3.63, 3.8) is 0 Å². The van der Waals surface area contributed by atoms with Crippen molar-refractivity contribution in [2.24, 2.45) is 7.05 Å². The van der Waals surface area contributed by atoms with Gasteiger partial charge in [-0.25, -0.2) is 4.98 Å². The topological polar surface area (TPSA) is 61.2 Å². The first-order chi connectivity index (χ1) is 7.34. The smallest absolute Gasteiger partial charge is 0.164 e. The molecule has 0 saturated carbocycles. The molecule has 6 heteroatoms. The van der Waals surface area contributed by atoms with E-state index in [-0.39, 0.29) is 6.10 Å². The van der Waals surface area contributed by atoms with Gasteiger partial charge in [0.15, 0.2) is 5.82 Å². The number of ether oxygens (including phenoxy) is 2. The minimum atomic E-state index is 0.252. The van der Waals surface area contributed by atoms with Crippen LogP contribution in [0.2, 0.25) is 0 Å². The van der Waals surface area contributed by atoms with Crippen LogP contribution in [0.4, 0.5) is 0 Å². The SMILES string of the molecule is Cn1cnc(CNCC2CCOCO2)n1. The van der Waals surface area contributed by atoms with Crippen molar-refractivity contribution in [2.75, 3.05) is 19.9 Å². The Balaban J connectivity index is 1.65. The van der Waals surface area contributed by atoms with Crippen LogP contribution in [0.1, 0.15) is 12.2 Å². The van der Waals surface area contributed by atoms with Gasteiger partial charge >= 0.3 is 0 Å². The van der Waals surface area contributed by atoms with Gasteiger partial charge in [-0.2, -0.15) is 5.10 Å². The van der Waals surface area contributed by atoms with Crippen LogP contribution in [0.5, 0.6) is 0 Å². The monoisotopic (exact) mass is 212 g/mol. The molecule has 0 spiro atoms. The van der Waals surface area contributed by atoms with E-state index in [1.165, 1.54) is 0 Å². The first kappa shape index (κ1) is 10.5. The predicted octanol–water partition coefficient (Wildman–Crippen LogP) is -0.332. The summed E-state index contributed by atoms with van der Waals surface area (Å²) in [5.74, 6) is 0.810. The lowest BCUT2D eigenvalue weighted by molar-refractivity contribution is -0.137. The fourth-order valence-electron chi connectivity index (χ4n) is 1.47.